The highest BCUT2D eigenvalue weighted by atomic mass is 16.1. The highest BCUT2D eigenvalue weighted by Crippen LogP contribution is 2.29. The Balaban J connectivity index is 2.00. The number of rotatable bonds is 2. The van der Waals surface area contributed by atoms with E-state index in [1.807, 2.05) is 25.1 Å². The molecule has 3 heteroatoms. The van der Waals surface area contributed by atoms with E-state index < -0.39 is 0 Å². The fourth-order valence-electron chi connectivity index (χ4n) is 2.53. The van der Waals surface area contributed by atoms with Crippen LogP contribution < -0.4 is 11.1 Å². The van der Waals surface area contributed by atoms with E-state index in [9.17, 15) is 4.79 Å². The molecule has 0 atom stereocenters. The van der Waals surface area contributed by atoms with Crippen LogP contribution in [0.3, 0.4) is 0 Å². The molecule has 0 bridgehead atoms. The van der Waals surface area contributed by atoms with Crippen LogP contribution in [0.5, 0.6) is 0 Å². The SMILES string of the molecule is Cc1ccc(N)cc1NC(=O)C1CCC(C)CC1. The van der Waals surface area contributed by atoms with E-state index in [1.54, 1.807) is 0 Å². The minimum atomic E-state index is 0.149. The van der Waals surface area contributed by atoms with E-state index in [4.69, 9.17) is 5.73 Å². The molecule has 0 radical (unpaired) electrons. The lowest BCUT2D eigenvalue weighted by molar-refractivity contribution is -0.121. The molecule has 1 aromatic rings. The standard InChI is InChI=1S/C15H22N2O/c1-10-3-6-12(7-4-10)15(18)17-14-9-13(16)8-5-11(14)2/h5,8-10,12H,3-4,6-7,16H2,1-2H3,(H,17,18). The van der Waals surface area contributed by atoms with Gasteiger partial charge in [0.2, 0.25) is 5.91 Å². The van der Waals surface area contributed by atoms with Crippen molar-refractivity contribution >= 4 is 17.3 Å². The number of anilines is 2. The van der Waals surface area contributed by atoms with Crippen molar-refractivity contribution in [3.63, 3.8) is 0 Å². The first kappa shape index (κ1) is 12.9. The Morgan fingerprint density at radius 1 is 1.28 bits per heavy atom. The summed E-state index contributed by atoms with van der Waals surface area (Å²) >= 11 is 0. The Morgan fingerprint density at radius 2 is 1.94 bits per heavy atom. The van der Waals surface area contributed by atoms with Crippen molar-refractivity contribution in [1.82, 2.24) is 0 Å². The highest BCUT2D eigenvalue weighted by Gasteiger charge is 2.24. The summed E-state index contributed by atoms with van der Waals surface area (Å²) in [5.41, 5.74) is 8.34. The Kier molecular flexibility index (Phi) is 3.90. The van der Waals surface area contributed by atoms with Crippen molar-refractivity contribution in [2.45, 2.75) is 39.5 Å². The Bertz CT molecular complexity index is 434. The first-order valence-electron chi connectivity index (χ1n) is 6.73. The van der Waals surface area contributed by atoms with Crippen LogP contribution in [0.2, 0.25) is 0 Å². The van der Waals surface area contributed by atoms with Crippen LogP contribution in [0.1, 0.15) is 38.2 Å². The zero-order chi connectivity index (χ0) is 13.1. The predicted molar refractivity (Wildman–Crippen MR) is 75.3 cm³/mol. The molecular formula is C15H22N2O. The molecule has 18 heavy (non-hydrogen) atoms. The van der Waals surface area contributed by atoms with Gasteiger partial charge in [-0.3, -0.25) is 4.79 Å². The summed E-state index contributed by atoms with van der Waals surface area (Å²) < 4.78 is 0. The second-order valence-corrected chi connectivity index (χ2v) is 5.52. The highest BCUT2D eigenvalue weighted by molar-refractivity contribution is 5.93. The number of carbonyl (C=O) groups is 1. The predicted octanol–water partition coefficient (Wildman–Crippen LogP) is 3.34. The summed E-state index contributed by atoms with van der Waals surface area (Å²) in [5.74, 6) is 1.08. The zero-order valence-corrected chi connectivity index (χ0v) is 11.2. The monoisotopic (exact) mass is 246 g/mol. The molecule has 0 spiro atoms. The van der Waals surface area contributed by atoms with E-state index in [0.717, 1.165) is 42.9 Å². The maximum absolute atomic E-state index is 12.2. The van der Waals surface area contributed by atoms with Gasteiger partial charge in [-0.25, -0.2) is 0 Å². The average molecular weight is 246 g/mol. The molecule has 98 valence electrons. The molecule has 1 fully saturated rings. The summed E-state index contributed by atoms with van der Waals surface area (Å²) in [7, 11) is 0. The number of amides is 1. The Labute approximate surface area is 109 Å². The van der Waals surface area contributed by atoms with Gasteiger partial charge in [0, 0.05) is 17.3 Å². The van der Waals surface area contributed by atoms with Crippen LogP contribution in [0.25, 0.3) is 0 Å². The van der Waals surface area contributed by atoms with Crippen LogP contribution in [0, 0.1) is 18.8 Å². The second-order valence-electron chi connectivity index (χ2n) is 5.52. The lowest BCUT2D eigenvalue weighted by Crippen LogP contribution is -2.26. The van der Waals surface area contributed by atoms with Gasteiger partial charge in [0.15, 0.2) is 0 Å². The van der Waals surface area contributed by atoms with Crippen LogP contribution in [0.4, 0.5) is 11.4 Å². The lowest BCUT2D eigenvalue weighted by atomic mass is 9.82. The van der Waals surface area contributed by atoms with Crippen molar-refractivity contribution in [2.24, 2.45) is 11.8 Å². The number of carbonyl (C=O) groups excluding carboxylic acids is 1. The average Bonchev–Trinajstić information content (AvgIpc) is 2.34. The smallest absolute Gasteiger partial charge is 0.227 e. The van der Waals surface area contributed by atoms with Crippen molar-refractivity contribution in [2.75, 3.05) is 11.1 Å². The number of nitrogens with one attached hydrogen (secondary N) is 1. The van der Waals surface area contributed by atoms with Gasteiger partial charge in [0.1, 0.15) is 0 Å². The first-order chi connectivity index (χ1) is 8.56. The van der Waals surface area contributed by atoms with E-state index in [0.29, 0.717) is 5.69 Å². The number of nitrogen functional groups attached to an aromatic ring is 1. The summed E-state index contributed by atoms with van der Waals surface area (Å²) in [4.78, 5) is 12.2. The zero-order valence-electron chi connectivity index (χ0n) is 11.2. The minimum Gasteiger partial charge on any atom is -0.399 e. The van der Waals surface area contributed by atoms with Crippen LogP contribution >= 0.6 is 0 Å². The van der Waals surface area contributed by atoms with Crippen LogP contribution in [-0.4, -0.2) is 5.91 Å². The van der Waals surface area contributed by atoms with Crippen molar-refractivity contribution < 1.29 is 4.79 Å². The molecule has 3 nitrogen and oxygen atoms in total. The second kappa shape index (κ2) is 5.42. The number of hydrogen-bond acceptors (Lipinski definition) is 2. The van der Waals surface area contributed by atoms with Gasteiger partial charge in [-0.05, 0) is 56.2 Å². The Morgan fingerprint density at radius 3 is 2.61 bits per heavy atom. The van der Waals surface area contributed by atoms with Gasteiger partial charge < -0.3 is 11.1 Å². The molecule has 0 aliphatic heterocycles. The quantitative estimate of drug-likeness (QED) is 0.786. The summed E-state index contributed by atoms with van der Waals surface area (Å²) in [5, 5.41) is 3.02. The molecule has 1 aliphatic carbocycles. The third-order valence-corrected chi connectivity index (χ3v) is 3.91. The van der Waals surface area contributed by atoms with Crippen molar-refractivity contribution in [3.8, 4) is 0 Å². The van der Waals surface area contributed by atoms with Gasteiger partial charge in [-0.1, -0.05) is 13.0 Å². The lowest BCUT2D eigenvalue weighted by Gasteiger charge is -2.25. The number of benzene rings is 1. The molecule has 0 saturated heterocycles. The minimum absolute atomic E-state index is 0.149. The molecule has 1 aliphatic rings. The normalized spacial score (nSPS) is 23.7. The number of nitrogens with two attached hydrogens (primary N) is 1. The third-order valence-electron chi connectivity index (χ3n) is 3.91. The van der Waals surface area contributed by atoms with Crippen LogP contribution in [0.15, 0.2) is 18.2 Å². The molecule has 2 rings (SSSR count). The van der Waals surface area contributed by atoms with Gasteiger partial charge in [0.25, 0.3) is 0 Å². The fourth-order valence-corrected chi connectivity index (χ4v) is 2.53. The van der Waals surface area contributed by atoms with Gasteiger partial charge in [-0.2, -0.15) is 0 Å². The van der Waals surface area contributed by atoms with E-state index >= 15 is 0 Å². The van der Waals surface area contributed by atoms with Crippen molar-refractivity contribution in [3.05, 3.63) is 23.8 Å². The first-order valence-corrected chi connectivity index (χ1v) is 6.73. The third kappa shape index (κ3) is 3.03. The van der Waals surface area contributed by atoms with E-state index in [2.05, 4.69) is 12.2 Å². The maximum atomic E-state index is 12.2. The van der Waals surface area contributed by atoms with Crippen LogP contribution in [-0.2, 0) is 4.79 Å². The fraction of sp³-hybridized carbons (Fsp3) is 0.533. The molecule has 0 aromatic heterocycles. The molecule has 1 amide bonds. The molecular weight excluding hydrogens is 224 g/mol. The van der Waals surface area contributed by atoms with Crippen molar-refractivity contribution in [1.29, 1.82) is 0 Å². The van der Waals surface area contributed by atoms with Gasteiger partial charge >= 0.3 is 0 Å². The summed E-state index contributed by atoms with van der Waals surface area (Å²) in [6.45, 7) is 4.24. The summed E-state index contributed by atoms with van der Waals surface area (Å²) in [6, 6.07) is 5.62. The molecule has 0 heterocycles. The van der Waals surface area contributed by atoms with Gasteiger partial charge in [-0.15, -0.1) is 0 Å². The Hall–Kier alpha value is -1.51. The topological polar surface area (TPSA) is 55.1 Å². The molecule has 1 saturated carbocycles. The van der Waals surface area contributed by atoms with E-state index in [1.165, 1.54) is 0 Å². The number of hydrogen-bond donors (Lipinski definition) is 2. The molecule has 0 unspecified atom stereocenters. The maximum Gasteiger partial charge on any atom is 0.227 e. The molecule has 1 aromatic carbocycles. The summed E-state index contributed by atoms with van der Waals surface area (Å²) in [6.07, 6.45) is 4.34. The molecule has 3 N–H and O–H groups in total. The van der Waals surface area contributed by atoms with E-state index in [-0.39, 0.29) is 11.8 Å². The van der Waals surface area contributed by atoms with Gasteiger partial charge in [0.05, 0.1) is 0 Å². The largest absolute Gasteiger partial charge is 0.399 e. The number of aryl methyl sites for hydroxylation is 1.